The van der Waals surface area contributed by atoms with E-state index in [-0.39, 0.29) is 0 Å². The number of hydrogen-bond donors (Lipinski definition) is 0. The van der Waals surface area contributed by atoms with Crippen LogP contribution >= 0.6 is 11.6 Å². The largest absolute Gasteiger partial charge is 0.204 e. The zero-order valence-electron chi connectivity index (χ0n) is 11.4. The standard InChI is InChI=1S/C18H13ClF2/c1-11-6-7-12-4-2-3-5-14(12)17(11)18(19)13-8-9-15(20)16(21)10-13/h2-10,18H,1H3. The Morgan fingerprint density at radius 1 is 0.905 bits per heavy atom. The Hall–Kier alpha value is -1.93. The minimum absolute atomic E-state index is 0.522. The van der Waals surface area contributed by atoms with E-state index in [9.17, 15) is 8.78 Å². The van der Waals surface area contributed by atoms with E-state index < -0.39 is 17.0 Å². The van der Waals surface area contributed by atoms with Crippen molar-refractivity contribution in [1.29, 1.82) is 0 Å². The first-order valence-electron chi connectivity index (χ1n) is 6.65. The number of alkyl halides is 1. The van der Waals surface area contributed by atoms with Crippen LogP contribution in [0.25, 0.3) is 10.8 Å². The molecule has 0 aliphatic carbocycles. The molecule has 106 valence electrons. The summed E-state index contributed by atoms with van der Waals surface area (Å²) >= 11 is 6.55. The molecule has 0 radical (unpaired) electrons. The van der Waals surface area contributed by atoms with Gasteiger partial charge in [-0.25, -0.2) is 8.78 Å². The van der Waals surface area contributed by atoms with Gasteiger partial charge in [-0.3, -0.25) is 0 Å². The third-order valence-electron chi connectivity index (χ3n) is 3.68. The van der Waals surface area contributed by atoms with Gasteiger partial charge in [-0.15, -0.1) is 11.6 Å². The Kier molecular flexibility index (Phi) is 3.64. The second-order valence-corrected chi connectivity index (χ2v) is 5.49. The molecule has 0 aromatic heterocycles. The zero-order valence-corrected chi connectivity index (χ0v) is 12.2. The average molecular weight is 303 g/mol. The second kappa shape index (κ2) is 5.45. The van der Waals surface area contributed by atoms with Gasteiger partial charge in [0.2, 0.25) is 0 Å². The van der Waals surface area contributed by atoms with Crippen molar-refractivity contribution in [3.05, 3.63) is 82.9 Å². The van der Waals surface area contributed by atoms with E-state index in [4.69, 9.17) is 11.6 Å². The Morgan fingerprint density at radius 3 is 2.43 bits per heavy atom. The normalized spacial score (nSPS) is 12.6. The van der Waals surface area contributed by atoms with Crippen LogP contribution in [0, 0.1) is 18.6 Å². The molecule has 0 bridgehead atoms. The molecule has 0 saturated heterocycles. The van der Waals surface area contributed by atoms with Crippen LogP contribution in [0.2, 0.25) is 0 Å². The van der Waals surface area contributed by atoms with Gasteiger partial charge in [-0.2, -0.15) is 0 Å². The van der Waals surface area contributed by atoms with Gasteiger partial charge >= 0.3 is 0 Å². The fraction of sp³-hybridized carbons (Fsp3) is 0.111. The van der Waals surface area contributed by atoms with Gasteiger partial charge in [-0.1, -0.05) is 42.5 Å². The van der Waals surface area contributed by atoms with E-state index in [0.717, 1.165) is 34.0 Å². The van der Waals surface area contributed by atoms with Crippen molar-refractivity contribution in [3.63, 3.8) is 0 Å². The molecule has 3 heteroatoms. The molecule has 0 spiro atoms. The van der Waals surface area contributed by atoms with Crippen molar-refractivity contribution in [3.8, 4) is 0 Å². The number of rotatable bonds is 2. The third-order valence-corrected chi connectivity index (χ3v) is 4.15. The third kappa shape index (κ3) is 2.52. The minimum Gasteiger partial charge on any atom is -0.204 e. The Morgan fingerprint density at radius 2 is 1.67 bits per heavy atom. The predicted octanol–water partition coefficient (Wildman–Crippen LogP) is 5.75. The summed E-state index contributed by atoms with van der Waals surface area (Å²) in [5, 5.41) is 1.58. The lowest BCUT2D eigenvalue weighted by molar-refractivity contribution is 0.507. The first kappa shape index (κ1) is 14.0. The zero-order chi connectivity index (χ0) is 15.0. The molecule has 0 amide bonds. The summed E-state index contributed by atoms with van der Waals surface area (Å²) in [6.07, 6.45) is 0. The topological polar surface area (TPSA) is 0 Å². The number of aryl methyl sites for hydroxylation is 1. The summed E-state index contributed by atoms with van der Waals surface area (Å²) in [4.78, 5) is 0. The van der Waals surface area contributed by atoms with Crippen LogP contribution in [0.3, 0.4) is 0 Å². The molecule has 0 aliphatic rings. The average Bonchev–Trinajstić information content (AvgIpc) is 2.49. The molecular weight excluding hydrogens is 290 g/mol. The molecule has 0 nitrogen and oxygen atoms in total. The van der Waals surface area contributed by atoms with Crippen LogP contribution in [-0.2, 0) is 0 Å². The van der Waals surface area contributed by atoms with Gasteiger partial charge in [-0.05, 0) is 46.5 Å². The summed E-state index contributed by atoms with van der Waals surface area (Å²) in [5.41, 5.74) is 2.51. The molecule has 1 unspecified atom stereocenters. The Bertz CT molecular complexity index is 811. The number of benzene rings is 3. The first-order chi connectivity index (χ1) is 10.1. The van der Waals surface area contributed by atoms with Gasteiger partial charge in [0.25, 0.3) is 0 Å². The molecule has 0 N–H and O–H groups in total. The number of halogens is 3. The lowest BCUT2D eigenvalue weighted by Crippen LogP contribution is -1.99. The molecule has 0 aliphatic heterocycles. The van der Waals surface area contributed by atoms with E-state index >= 15 is 0 Å². The first-order valence-corrected chi connectivity index (χ1v) is 7.09. The van der Waals surface area contributed by atoms with E-state index in [1.165, 1.54) is 6.07 Å². The maximum absolute atomic E-state index is 13.4. The van der Waals surface area contributed by atoms with Crippen LogP contribution in [-0.4, -0.2) is 0 Å². The second-order valence-electron chi connectivity index (χ2n) is 5.05. The summed E-state index contributed by atoms with van der Waals surface area (Å²) in [5.74, 6) is -1.74. The monoisotopic (exact) mass is 302 g/mol. The van der Waals surface area contributed by atoms with Crippen molar-refractivity contribution in [1.82, 2.24) is 0 Å². The van der Waals surface area contributed by atoms with Crippen molar-refractivity contribution >= 4 is 22.4 Å². The highest BCUT2D eigenvalue weighted by Crippen LogP contribution is 2.36. The molecule has 0 fully saturated rings. The van der Waals surface area contributed by atoms with Crippen LogP contribution in [0.5, 0.6) is 0 Å². The molecule has 3 aromatic carbocycles. The van der Waals surface area contributed by atoms with E-state index in [1.807, 2.05) is 43.3 Å². The Labute approximate surface area is 127 Å². The maximum atomic E-state index is 13.4. The highest BCUT2D eigenvalue weighted by atomic mass is 35.5. The lowest BCUT2D eigenvalue weighted by atomic mass is 9.94. The van der Waals surface area contributed by atoms with Crippen molar-refractivity contribution < 1.29 is 8.78 Å². The molecule has 3 aromatic rings. The van der Waals surface area contributed by atoms with Gasteiger partial charge in [0.05, 0.1) is 5.38 Å². The Balaban J connectivity index is 2.19. The molecule has 21 heavy (non-hydrogen) atoms. The molecule has 1 atom stereocenters. The highest BCUT2D eigenvalue weighted by Gasteiger charge is 2.17. The molecule has 3 rings (SSSR count). The van der Waals surface area contributed by atoms with Gasteiger partial charge in [0.15, 0.2) is 11.6 Å². The van der Waals surface area contributed by atoms with E-state index in [0.29, 0.717) is 5.56 Å². The fourth-order valence-electron chi connectivity index (χ4n) is 2.58. The van der Waals surface area contributed by atoms with Crippen LogP contribution in [0.15, 0.2) is 54.6 Å². The van der Waals surface area contributed by atoms with Crippen molar-refractivity contribution in [2.75, 3.05) is 0 Å². The summed E-state index contributed by atoms with van der Waals surface area (Å²) in [6, 6.07) is 15.7. The summed E-state index contributed by atoms with van der Waals surface area (Å²) in [7, 11) is 0. The van der Waals surface area contributed by atoms with Gasteiger partial charge < -0.3 is 0 Å². The summed E-state index contributed by atoms with van der Waals surface area (Å²) in [6.45, 7) is 1.97. The summed E-state index contributed by atoms with van der Waals surface area (Å²) < 4.78 is 26.5. The predicted molar refractivity (Wildman–Crippen MR) is 82.7 cm³/mol. The molecular formula is C18H13ClF2. The van der Waals surface area contributed by atoms with Crippen LogP contribution in [0.4, 0.5) is 8.78 Å². The van der Waals surface area contributed by atoms with E-state index in [2.05, 4.69) is 0 Å². The highest BCUT2D eigenvalue weighted by molar-refractivity contribution is 6.23. The fourth-order valence-corrected chi connectivity index (χ4v) is 3.00. The van der Waals surface area contributed by atoms with Crippen LogP contribution in [0.1, 0.15) is 22.1 Å². The van der Waals surface area contributed by atoms with Crippen LogP contribution < -0.4 is 0 Å². The smallest absolute Gasteiger partial charge is 0.159 e. The molecule has 0 heterocycles. The number of hydrogen-bond acceptors (Lipinski definition) is 0. The maximum Gasteiger partial charge on any atom is 0.159 e. The van der Waals surface area contributed by atoms with Crippen molar-refractivity contribution in [2.24, 2.45) is 0 Å². The SMILES string of the molecule is Cc1ccc2ccccc2c1C(Cl)c1ccc(F)c(F)c1. The van der Waals surface area contributed by atoms with Crippen molar-refractivity contribution in [2.45, 2.75) is 12.3 Å². The molecule has 0 saturated carbocycles. The van der Waals surface area contributed by atoms with Gasteiger partial charge in [0.1, 0.15) is 0 Å². The lowest BCUT2D eigenvalue weighted by Gasteiger charge is -2.16. The van der Waals surface area contributed by atoms with Gasteiger partial charge in [0, 0.05) is 0 Å². The van der Waals surface area contributed by atoms with E-state index in [1.54, 1.807) is 0 Å². The number of fused-ring (bicyclic) bond motifs is 1. The minimum atomic E-state index is -0.879. The quantitative estimate of drug-likeness (QED) is 0.528.